The second-order valence-corrected chi connectivity index (χ2v) is 7.04. The Bertz CT molecular complexity index is 555. The second-order valence-electron chi connectivity index (χ2n) is 7.04. The number of benzene rings is 1. The van der Waals surface area contributed by atoms with Gasteiger partial charge in [0.1, 0.15) is 11.4 Å². The molecule has 0 saturated carbocycles. The minimum absolute atomic E-state index is 0.233. The molecule has 0 bridgehead atoms. The van der Waals surface area contributed by atoms with Crippen LogP contribution in [0.1, 0.15) is 39.2 Å². The Morgan fingerprint density at radius 1 is 1.29 bits per heavy atom. The van der Waals surface area contributed by atoms with Crippen molar-refractivity contribution in [1.82, 2.24) is 4.90 Å². The predicted octanol–water partition coefficient (Wildman–Crippen LogP) is 3.52. The summed E-state index contributed by atoms with van der Waals surface area (Å²) >= 11 is 0. The van der Waals surface area contributed by atoms with E-state index >= 15 is 0 Å². The molecule has 0 radical (unpaired) electrons. The van der Waals surface area contributed by atoms with E-state index in [0.717, 1.165) is 24.2 Å². The SMILES string of the molecule is CC(C)(C)OC(=O)N1CCC(COc2ccc(/C=N/O)cc2)CC1. The van der Waals surface area contributed by atoms with Crippen molar-refractivity contribution < 1.29 is 19.5 Å². The summed E-state index contributed by atoms with van der Waals surface area (Å²) in [6.07, 6.45) is 2.96. The Hall–Kier alpha value is -2.24. The molecule has 1 fully saturated rings. The molecule has 1 aliphatic rings. The first kappa shape index (κ1) is 18.1. The van der Waals surface area contributed by atoms with E-state index in [4.69, 9.17) is 14.7 Å². The Morgan fingerprint density at radius 2 is 1.92 bits per heavy atom. The van der Waals surface area contributed by atoms with Gasteiger partial charge in [0.05, 0.1) is 12.8 Å². The summed E-state index contributed by atoms with van der Waals surface area (Å²) in [7, 11) is 0. The number of hydrogen-bond donors (Lipinski definition) is 1. The van der Waals surface area contributed by atoms with E-state index in [1.165, 1.54) is 6.21 Å². The monoisotopic (exact) mass is 334 g/mol. The number of carbonyl (C=O) groups excluding carboxylic acids is 1. The lowest BCUT2D eigenvalue weighted by Gasteiger charge is -2.33. The molecule has 6 nitrogen and oxygen atoms in total. The van der Waals surface area contributed by atoms with Crippen LogP contribution in [0, 0.1) is 5.92 Å². The number of nitrogens with zero attached hydrogens (tertiary/aromatic N) is 2. The molecule has 132 valence electrons. The van der Waals surface area contributed by atoms with Crippen molar-refractivity contribution in [3.05, 3.63) is 29.8 Å². The van der Waals surface area contributed by atoms with E-state index in [-0.39, 0.29) is 6.09 Å². The van der Waals surface area contributed by atoms with Gasteiger partial charge in [-0.05, 0) is 69.4 Å². The van der Waals surface area contributed by atoms with Gasteiger partial charge in [-0.25, -0.2) is 4.79 Å². The summed E-state index contributed by atoms with van der Waals surface area (Å²) in [5.41, 5.74) is 0.361. The lowest BCUT2D eigenvalue weighted by molar-refractivity contribution is 0.0165. The smallest absolute Gasteiger partial charge is 0.410 e. The normalized spacial score (nSPS) is 16.4. The number of hydrogen-bond acceptors (Lipinski definition) is 5. The third-order valence-corrected chi connectivity index (χ3v) is 3.84. The minimum Gasteiger partial charge on any atom is -0.493 e. The number of likely N-dealkylation sites (tertiary alicyclic amines) is 1. The van der Waals surface area contributed by atoms with Crippen LogP contribution < -0.4 is 4.74 Å². The van der Waals surface area contributed by atoms with Crippen LogP contribution in [0.15, 0.2) is 29.4 Å². The molecule has 1 aromatic carbocycles. The van der Waals surface area contributed by atoms with Crippen LogP contribution in [0.2, 0.25) is 0 Å². The van der Waals surface area contributed by atoms with E-state index < -0.39 is 5.60 Å². The molecule has 6 heteroatoms. The molecule has 0 unspecified atom stereocenters. The van der Waals surface area contributed by atoms with E-state index in [9.17, 15) is 4.79 Å². The highest BCUT2D eigenvalue weighted by molar-refractivity contribution is 5.79. The molecule has 24 heavy (non-hydrogen) atoms. The van der Waals surface area contributed by atoms with E-state index in [1.54, 1.807) is 4.90 Å². The third-order valence-electron chi connectivity index (χ3n) is 3.84. The maximum absolute atomic E-state index is 12.0. The van der Waals surface area contributed by atoms with E-state index in [2.05, 4.69) is 5.16 Å². The summed E-state index contributed by atoms with van der Waals surface area (Å²) in [5, 5.41) is 11.5. The zero-order chi connectivity index (χ0) is 17.6. The summed E-state index contributed by atoms with van der Waals surface area (Å²) in [6, 6.07) is 7.38. The highest BCUT2D eigenvalue weighted by Gasteiger charge is 2.27. The molecule has 2 rings (SSSR count). The predicted molar refractivity (Wildman–Crippen MR) is 91.8 cm³/mol. The van der Waals surface area contributed by atoms with Gasteiger partial charge in [0.2, 0.25) is 0 Å². The number of oxime groups is 1. The Morgan fingerprint density at radius 3 is 2.46 bits per heavy atom. The van der Waals surface area contributed by atoms with Gasteiger partial charge < -0.3 is 19.6 Å². The first-order valence-electron chi connectivity index (χ1n) is 8.25. The largest absolute Gasteiger partial charge is 0.493 e. The van der Waals surface area contributed by atoms with Crippen LogP contribution in [-0.2, 0) is 4.74 Å². The maximum Gasteiger partial charge on any atom is 0.410 e. The maximum atomic E-state index is 12.0. The van der Waals surface area contributed by atoms with Crippen molar-refractivity contribution in [3.63, 3.8) is 0 Å². The molecule has 1 heterocycles. The number of amides is 1. The van der Waals surface area contributed by atoms with Gasteiger partial charge in [0.15, 0.2) is 0 Å². The van der Waals surface area contributed by atoms with Gasteiger partial charge in [0.25, 0.3) is 0 Å². The first-order chi connectivity index (χ1) is 11.4. The number of ether oxygens (including phenoxy) is 2. The van der Waals surface area contributed by atoms with Crippen molar-refractivity contribution in [2.24, 2.45) is 11.1 Å². The lowest BCUT2D eigenvalue weighted by Crippen LogP contribution is -2.42. The van der Waals surface area contributed by atoms with Crippen molar-refractivity contribution in [3.8, 4) is 5.75 Å². The highest BCUT2D eigenvalue weighted by atomic mass is 16.6. The van der Waals surface area contributed by atoms with Gasteiger partial charge in [-0.2, -0.15) is 0 Å². The van der Waals surface area contributed by atoms with Gasteiger partial charge >= 0.3 is 6.09 Å². The molecule has 1 aliphatic heterocycles. The fourth-order valence-electron chi connectivity index (χ4n) is 2.54. The number of piperidine rings is 1. The van der Waals surface area contributed by atoms with Crippen molar-refractivity contribution in [2.45, 2.75) is 39.2 Å². The van der Waals surface area contributed by atoms with Gasteiger partial charge in [-0.15, -0.1) is 0 Å². The molecule has 1 saturated heterocycles. The van der Waals surface area contributed by atoms with Gasteiger partial charge in [-0.3, -0.25) is 0 Å². The van der Waals surface area contributed by atoms with Crippen molar-refractivity contribution in [2.75, 3.05) is 19.7 Å². The van der Waals surface area contributed by atoms with E-state index in [0.29, 0.717) is 25.6 Å². The molecule has 0 spiro atoms. The molecular formula is C18H26N2O4. The second kappa shape index (κ2) is 8.04. The van der Waals surface area contributed by atoms with Crippen molar-refractivity contribution >= 4 is 12.3 Å². The zero-order valence-electron chi connectivity index (χ0n) is 14.6. The average molecular weight is 334 g/mol. The third kappa shape index (κ3) is 5.76. The fourth-order valence-corrected chi connectivity index (χ4v) is 2.54. The Kier molecular flexibility index (Phi) is 6.06. The summed E-state index contributed by atoms with van der Waals surface area (Å²) < 4.78 is 11.2. The van der Waals surface area contributed by atoms with Crippen LogP contribution in [0.3, 0.4) is 0 Å². The van der Waals surface area contributed by atoms with Crippen LogP contribution in [0.4, 0.5) is 4.79 Å². The Labute approximate surface area is 143 Å². The van der Waals surface area contributed by atoms with Crippen LogP contribution in [0.5, 0.6) is 5.75 Å². The highest BCUT2D eigenvalue weighted by Crippen LogP contribution is 2.21. The summed E-state index contributed by atoms with van der Waals surface area (Å²) in [5.74, 6) is 1.22. The molecule has 0 aliphatic carbocycles. The lowest BCUT2D eigenvalue weighted by atomic mass is 9.98. The molecular weight excluding hydrogens is 308 g/mol. The minimum atomic E-state index is -0.454. The quantitative estimate of drug-likeness (QED) is 0.519. The molecule has 1 aromatic rings. The van der Waals surface area contributed by atoms with Crippen molar-refractivity contribution in [1.29, 1.82) is 0 Å². The topological polar surface area (TPSA) is 71.4 Å². The van der Waals surface area contributed by atoms with E-state index in [1.807, 2.05) is 45.0 Å². The molecule has 0 atom stereocenters. The first-order valence-corrected chi connectivity index (χ1v) is 8.25. The van der Waals surface area contributed by atoms with Gasteiger partial charge in [-0.1, -0.05) is 5.16 Å². The molecule has 1 amide bonds. The standard InChI is InChI=1S/C18H26N2O4/c1-18(2,3)24-17(21)20-10-8-15(9-11-20)13-23-16-6-4-14(5-7-16)12-19-22/h4-7,12,15,22H,8-11,13H2,1-3H3/b19-12+. The number of rotatable bonds is 4. The van der Waals surface area contributed by atoms with Gasteiger partial charge in [0, 0.05) is 13.1 Å². The average Bonchev–Trinajstić information content (AvgIpc) is 2.53. The molecule has 0 aromatic heterocycles. The molecule has 1 N–H and O–H groups in total. The summed E-state index contributed by atoms with van der Waals surface area (Å²) in [6.45, 7) is 7.68. The Balaban J connectivity index is 1.74. The van der Waals surface area contributed by atoms with Crippen LogP contribution in [-0.4, -0.2) is 47.7 Å². The van der Waals surface area contributed by atoms with Crippen LogP contribution in [0.25, 0.3) is 0 Å². The zero-order valence-corrected chi connectivity index (χ0v) is 14.6. The summed E-state index contributed by atoms with van der Waals surface area (Å²) in [4.78, 5) is 13.8. The van der Waals surface area contributed by atoms with Crippen LogP contribution >= 0.6 is 0 Å². The fraction of sp³-hybridized carbons (Fsp3) is 0.556. The number of carbonyl (C=O) groups is 1.